The minimum absolute atomic E-state index is 0.0125. The highest BCUT2D eigenvalue weighted by Gasteiger charge is 2.41. The standard InChI is InChI=1S/C20H21N5O4S/c1-4-9-24-11-14(10-21-24)12-25-18(26)17-13(2)16(6-5-15(17)22-19(25)27)30(28,29)23-20(3)7-8-20/h1,5-6,10-11,23H,7-9,12H2,2-3H3,(H,22,27). The third-order valence-electron chi connectivity index (χ3n) is 5.31. The summed E-state index contributed by atoms with van der Waals surface area (Å²) in [5, 5.41) is 4.25. The van der Waals surface area contributed by atoms with Gasteiger partial charge in [-0.05, 0) is 44.4 Å². The van der Waals surface area contributed by atoms with Gasteiger partial charge in [-0.15, -0.1) is 6.42 Å². The second-order valence-corrected chi connectivity index (χ2v) is 9.50. The molecule has 0 aliphatic heterocycles. The predicted octanol–water partition coefficient (Wildman–Crippen LogP) is 0.707. The smallest absolute Gasteiger partial charge is 0.307 e. The summed E-state index contributed by atoms with van der Waals surface area (Å²) in [5.41, 5.74) is -0.381. The first kappa shape index (κ1) is 20.1. The summed E-state index contributed by atoms with van der Waals surface area (Å²) in [4.78, 5) is 28.3. The van der Waals surface area contributed by atoms with Crippen LogP contribution in [0.2, 0.25) is 0 Å². The van der Waals surface area contributed by atoms with Gasteiger partial charge >= 0.3 is 5.69 Å². The lowest BCUT2D eigenvalue weighted by Gasteiger charge is -2.15. The normalized spacial score (nSPS) is 15.2. The van der Waals surface area contributed by atoms with Gasteiger partial charge in [-0.25, -0.2) is 17.9 Å². The number of aromatic nitrogens is 4. The fourth-order valence-corrected chi connectivity index (χ4v) is 5.15. The number of hydrogen-bond acceptors (Lipinski definition) is 5. The fourth-order valence-electron chi connectivity index (χ4n) is 3.44. The van der Waals surface area contributed by atoms with E-state index in [1.54, 1.807) is 13.1 Å². The summed E-state index contributed by atoms with van der Waals surface area (Å²) >= 11 is 0. The van der Waals surface area contributed by atoms with Crippen LogP contribution in [-0.2, 0) is 23.1 Å². The van der Waals surface area contributed by atoms with Crippen molar-refractivity contribution in [2.45, 2.75) is 50.2 Å². The molecule has 1 aliphatic rings. The van der Waals surface area contributed by atoms with Gasteiger partial charge < -0.3 is 4.98 Å². The van der Waals surface area contributed by atoms with Crippen molar-refractivity contribution in [2.24, 2.45) is 0 Å². The molecule has 156 valence electrons. The number of rotatable bonds is 6. The molecule has 4 rings (SSSR count). The van der Waals surface area contributed by atoms with Crippen LogP contribution in [-0.4, -0.2) is 33.3 Å². The minimum Gasteiger partial charge on any atom is -0.307 e. The number of fused-ring (bicyclic) bond motifs is 1. The van der Waals surface area contributed by atoms with Crippen molar-refractivity contribution in [3.8, 4) is 12.3 Å². The van der Waals surface area contributed by atoms with Crippen LogP contribution in [0.5, 0.6) is 0 Å². The first-order valence-corrected chi connectivity index (χ1v) is 10.9. The molecule has 1 aliphatic carbocycles. The number of nitrogens with one attached hydrogen (secondary N) is 2. The summed E-state index contributed by atoms with van der Waals surface area (Å²) < 4.78 is 30.9. The van der Waals surface area contributed by atoms with E-state index in [1.165, 1.54) is 23.0 Å². The highest BCUT2D eigenvalue weighted by Crippen LogP contribution is 2.36. The molecule has 0 saturated heterocycles. The maximum atomic E-state index is 13.2. The Morgan fingerprint density at radius 2 is 2.07 bits per heavy atom. The minimum atomic E-state index is -3.80. The van der Waals surface area contributed by atoms with E-state index >= 15 is 0 Å². The van der Waals surface area contributed by atoms with Gasteiger partial charge in [-0.1, -0.05) is 5.92 Å². The maximum Gasteiger partial charge on any atom is 0.329 e. The van der Waals surface area contributed by atoms with Gasteiger partial charge in [0, 0.05) is 17.3 Å². The Bertz CT molecular complexity index is 1420. The first-order valence-electron chi connectivity index (χ1n) is 9.39. The molecule has 2 N–H and O–H groups in total. The highest BCUT2D eigenvalue weighted by molar-refractivity contribution is 7.89. The van der Waals surface area contributed by atoms with Crippen LogP contribution in [0.4, 0.5) is 0 Å². The van der Waals surface area contributed by atoms with Crippen LogP contribution in [0.3, 0.4) is 0 Å². The van der Waals surface area contributed by atoms with Gasteiger partial charge in [0.2, 0.25) is 10.0 Å². The lowest BCUT2D eigenvalue weighted by atomic mass is 10.1. The molecule has 0 spiro atoms. The Hall–Kier alpha value is -3.16. The number of aryl methyl sites for hydroxylation is 1. The average molecular weight is 427 g/mol. The zero-order chi connectivity index (χ0) is 21.7. The Kier molecular flexibility index (Phi) is 4.67. The summed E-state index contributed by atoms with van der Waals surface area (Å²) in [7, 11) is -3.80. The monoisotopic (exact) mass is 427 g/mol. The second-order valence-electron chi connectivity index (χ2n) is 7.85. The van der Waals surface area contributed by atoms with Crippen molar-refractivity contribution < 1.29 is 8.42 Å². The molecule has 9 nitrogen and oxygen atoms in total. The molecule has 3 aromatic rings. The molecule has 0 bridgehead atoms. The van der Waals surface area contributed by atoms with Gasteiger partial charge in [0.25, 0.3) is 5.56 Å². The van der Waals surface area contributed by atoms with Gasteiger partial charge in [-0.3, -0.25) is 14.0 Å². The van der Waals surface area contributed by atoms with Crippen molar-refractivity contribution in [2.75, 3.05) is 0 Å². The average Bonchev–Trinajstić information content (AvgIpc) is 3.20. The molecule has 0 atom stereocenters. The maximum absolute atomic E-state index is 13.2. The molecular weight excluding hydrogens is 406 g/mol. The molecule has 0 radical (unpaired) electrons. The molecule has 30 heavy (non-hydrogen) atoms. The Balaban J connectivity index is 1.81. The van der Waals surface area contributed by atoms with Crippen LogP contribution < -0.4 is 16.0 Å². The lowest BCUT2D eigenvalue weighted by molar-refractivity contribution is 0.557. The predicted molar refractivity (Wildman–Crippen MR) is 112 cm³/mol. The van der Waals surface area contributed by atoms with Crippen molar-refractivity contribution in [3.63, 3.8) is 0 Å². The molecule has 2 heterocycles. The summed E-state index contributed by atoms with van der Waals surface area (Å²) in [5.74, 6) is 2.46. The number of terminal acetylenes is 1. The molecular formula is C20H21N5O4S. The van der Waals surface area contributed by atoms with E-state index in [-0.39, 0.29) is 23.4 Å². The highest BCUT2D eigenvalue weighted by atomic mass is 32.2. The van der Waals surface area contributed by atoms with E-state index < -0.39 is 26.8 Å². The third-order valence-corrected chi connectivity index (χ3v) is 7.09. The third kappa shape index (κ3) is 3.58. The van der Waals surface area contributed by atoms with Crippen molar-refractivity contribution in [1.82, 2.24) is 24.1 Å². The van der Waals surface area contributed by atoms with Crippen LogP contribution >= 0.6 is 0 Å². The van der Waals surface area contributed by atoms with Crippen LogP contribution in [0.15, 0.2) is 39.0 Å². The van der Waals surface area contributed by atoms with Crippen molar-refractivity contribution in [1.29, 1.82) is 0 Å². The molecule has 10 heteroatoms. The molecule has 0 unspecified atom stereocenters. The first-order chi connectivity index (χ1) is 14.1. The Labute approximate surface area is 172 Å². The zero-order valence-electron chi connectivity index (χ0n) is 16.6. The lowest BCUT2D eigenvalue weighted by Crippen LogP contribution is -2.37. The fraction of sp³-hybridized carbons (Fsp3) is 0.350. The zero-order valence-corrected chi connectivity index (χ0v) is 17.4. The molecule has 1 fully saturated rings. The number of hydrogen-bond donors (Lipinski definition) is 2. The molecule has 1 aromatic carbocycles. The molecule has 1 saturated carbocycles. The van der Waals surface area contributed by atoms with E-state index in [1.807, 2.05) is 6.92 Å². The number of nitrogens with zero attached hydrogens (tertiary/aromatic N) is 3. The van der Waals surface area contributed by atoms with E-state index in [2.05, 4.69) is 20.7 Å². The summed E-state index contributed by atoms with van der Waals surface area (Å²) in [6.07, 6.45) is 9.99. The van der Waals surface area contributed by atoms with Crippen LogP contribution in [0, 0.1) is 19.3 Å². The van der Waals surface area contributed by atoms with Crippen LogP contribution in [0.25, 0.3) is 10.9 Å². The molecule has 2 aromatic heterocycles. The van der Waals surface area contributed by atoms with E-state index in [4.69, 9.17) is 6.42 Å². The number of aromatic amines is 1. The SMILES string of the molecule is C#CCn1cc(Cn2c(=O)[nH]c3ccc(S(=O)(=O)NC4(C)CC4)c(C)c3c2=O)cn1. The Morgan fingerprint density at radius 1 is 1.33 bits per heavy atom. The van der Waals surface area contributed by atoms with E-state index in [0.717, 1.165) is 17.4 Å². The topological polar surface area (TPSA) is 119 Å². The number of H-pyrrole nitrogens is 1. The largest absolute Gasteiger partial charge is 0.329 e. The molecule has 0 amide bonds. The van der Waals surface area contributed by atoms with Crippen LogP contribution in [0.1, 0.15) is 30.9 Å². The summed E-state index contributed by atoms with van der Waals surface area (Å²) in [6, 6.07) is 2.86. The number of sulfonamides is 1. The second kappa shape index (κ2) is 6.97. The van der Waals surface area contributed by atoms with Crippen molar-refractivity contribution in [3.05, 3.63) is 56.5 Å². The summed E-state index contributed by atoms with van der Waals surface area (Å²) in [6.45, 7) is 3.67. The van der Waals surface area contributed by atoms with E-state index in [9.17, 15) is 18.0 Å². The van der Waals surface area contributed by atoms with Gasteiger partial charge in [0.15, 0.2) is 0 Å². The van der Waals surface area contributed by atoms with Gasteiger partial charge in [0.1, 0.15) is 6.54 Å². The van der Waals surface area contributed by atoms with E-state index in [0.29, 0.717) is 16.6 Å². The van der Waals surface area contributed by atoms with Gasteiger partial charge in [0.05, 0.1) is 28.5 Å². The van der Waals surface area contributed by atoms with Crippen molar-refractivity contribution >= 4 is 20.9 Å². The number of benzene rings is 1. The Morgan fingerprint density at radius 3 is 2.73 bits per heavy atom. The quantitative estimate of drug-likeness (QED) is 0.562. The van der Waals surface area contributed by atoms with Gasteiger partial charge in [-0.2, -0.15) is 5.10 Å².